The van der Waals surface area contributed by atoms with Crippen LogP contribution in [-0.4, -0.2) is 97.1 Å². The van der Waals surface area contributed by atoms with Crippen molar-refractivity contribution >= 4 is 55.8 Å². The molecule has 0 unspecified atom stereocenters. The Morgan fingerprint density at radius 2 is 1.18 bits per heavy atom. The fraction of sp³-hybridized carbons (Fsp3) is 0.500. The second-order valence-corrected chi connectivity index (χ2v) is 10.9. The lowest BCUT2D eigenvalue weighted by Crippen LogP contribution is -2.24. The highest BCUT2D eigenvalue weighted by atomic mass is 33.1. The lowest BCUT2D eigenvalue weighted by atomic mass is 10.2. The lowest BCUT2D eigenvalue weighted by molar-refractivity contribution is -0.0432. The topological polar surface area (TPSA) is 239 Å². The molecule has 0 aromatic carbocycles. The fourth-order valence-electron chi connectivity index (χ4n) is 4.53. The van der Waals surface area contributed by atoms with E-state index < -0.39 is 36.9 Å². The van der Waals surface area contributed by atoms with Crippen molar-refractivity contribution in [3.63, 3.8) is 0 Å². The van der Waals surface area contributed by atoms with E-state index in [-0.39, 0.29) is 38.0 Å². The molecule has 6 rings (SSSR count). The van der Waals surface area contributed by atoms with Crippen LogP contribution in [-0.2, 0) is 9.47 Å². The van der Waals surface area contributed by atoms with E-state index in [9.17, 15) is 20.4 Å². The summed E-state index contributed by atoms with van der Waals surface area (Å²) in [6.07, 6.45) is -0.575. The van der Waals surface area contributed by atoms with Gasteiger partial charge in [-0.2, -0.15) is 9.97 Å². The quantitative estimate of drug-likeness (QED) is 0.119. The standard InChI is InChI=1S/C20H24N10O6S2/c21-19-25-15-13(23-5-29(15)11-1-7(33)9(3-31)35-11)17(27-19)37-38-18-14-16(26-20(22)28-18)30(6-24-14)12-2-8(34)10(4-32)36-12/h5-12,31-34H,1-4H2,(H2,21,25,27)(H2,22,26,28)/t7-,8-,9-,10-,11-,12-/m0/s1. The smallest absolute Gasteiger partial charge is 0.223 e. The minimum Gasteiger partial charge on any atom is -0.394 e. The summed E-state index contributed by atoms with van der Waals surface area (Å²) in [6.45, 7) is -0.609. The van der Waals surface area contributed by atoms with Gasteiger partial charge in [-0.1, -0.05) is 0 Å². The minimum atomic E-state index is -0.816. The first kappa shape index (κ1) is 25.4. The zero-order chi connectivity index (χ0) is 26.6. The number of fused-ring (bicyclic) bond motifs is 2. The molecule has 0 spiro atoms. The van der Waals surface area contributed by atoms with Gasteiger partial charge >= 0.3 is 0 Å². The predicted octanol–water partition coefficient (Wildman–Crippen LogP) is -0.789. The second-order valence-electron chi connectivity index (χ2n) is 8.82. The van der Waals surface area contributed by atoms with Gasteiger partial charge in [0.2, 0.25) is 11.9 Å². The molecule has 0 radical (unpaired) electrons. The number of rotatable bonds is 7. The van der Waals surface area contributed by atoms with Crippen molar-refractivity contribution in [1.82, 2.24) is 39.0 Å². The number of aromatic nitrogens is 8. The fourth-order valence-corrected chi connectivity index (χ4v) is 6.57. The molecule has 18 heteroatoms. The molecule has 4 aromatic rings. The molecule has 2 aliphatic heterocycles. The van der Waals surface area contributed by atoms with Crippen molar-refractivity contribution in [3.8, 4) is 0 Å². The minimum absolute atomic E-state index is 0.0200. The molecule has 0 bridgehead atoms. The molecule has 0 amide bonds. The number of ether oxygens (including phenoxy) is 2. The maximum atomic E-state index is 10.1. The van der Waals surface area contributed by atoms with E-state index in [1.54, 1.807) is 9.13 Å². The van der Waals surface area contributed by atoms with E-state index in [1.807, 2.05) is 0 Å². The number of imidazole rings is 2. The normalized spacial score (nSPS) is 27.7. The van der Waals surface area contributed by atoms with E-state index in [2.05, 4.69) is 29.9 Å². The molecule has 0 saturated carbocycles. The molecule has 2 saturated heterocycles. The maximum absolute atomic E-state index is 10.1. The Hall–Kier alpha value is -2.84. The van der Waals surface area contributed by atoms with Crippen LogP contribution in [0, 0.1) is 0 Å². The van der Waals surface area contributed by atoms with E-state index in [0.29, 0.717) is 32.4 Å². The molecular formula is C20H24N10O6S2. The molecule has 38 heavy (non-hydrogen) atoms. The van der Waals surface area contributed by atoms with Crippen LogP contribution in [0.15, 0.2) is 22.7 Å². The lowest BCUT2D eigenvalue weighted by Gasteiger charge is -2.14. The average molecular weight is 565 g/mol. The number of hydrogen-bond donors (Lipinski definition) is 6. The van der Waals surface area contributed by atoms with Gasteiger partial charge in [-0.3, -0.25) is 9.13 Å². The van der Waals surface area contributed by atoms with Gasteiger partial charge in [-0.25, -0.2) is 19.9 Å². The van der Waals surface area contributed by atoms with Gasteiger partial charge in [0.1, 0.15) is 45.7 Å². The summed E-state index contributed by atoms with van der Waals surface area (Å²) in [5, 5.41) is 40.0. The maximum Gasteiger partial charge on any atom is 0.223 e. The monoisotopic (exact) mass is 564 g/mol. The van der Waals surface area contributed by atoms with Crippen molar-refractivity contribution in [1.29, 1.82) is 0 Å². The molecule has 6 heterocycles. The third kappa shape index (κ3) is 4.41. The van der Waals surface area contributed by atoms with Crippen molar-refractivity contribution in [2.45, 2.75) is 59.8 Å². The second kappa shape index (κ2) is 10.0. The van der Waals surface area contributed by atoms with Gasteiger partial charge < -0.3 is 41.4 Å². The number of hydrogen-bond acceptors (Lipinski definition) is 16. The summed E-state index contributed by atoms with van der Waals surface area (Å²) < 4.78 is 14.8. The van der Waals surface area contributed by atoms with Crippen LogP contribution in [0.1, 0.15) is 25.3 Å². The first-order valence-electron chi connectivity index (χ1n) is 11.6. The third-order valence-corrected chi connectivity index (χ3v) is 8.57. The molecule has 4 aromatic heterocycles. The van der Waals surface area contributed by atoms with Crippen LogP contribution in [0.4, 0.5) is 11.9 Å². The molecule has 202 valence electrons. The molecular weight excluding hydrogens is 540 g/mol. The van der Waals surface area contributed by atoms with E-state index >= 15 is 0 Å². The molecule has 8 N–H and O–H groups in total. The van der Waals surface area contributed by atoms with E-state index in [1.165, 1.54) is 34.2 Å². The van der Waals surface area contributed by atoms with Crippen LogP contribution in [0.25, 0.3) is 22.3 Å². The SMILES string of the molecule is Nc1nc(SSc2nc(N)nc3c2ncn3[C@@H]2C[C@H](O)[C@H](CO)O2)c2ncn([C@@H]3C[C@H](O)[C@H](CO)O3)c2n1. The van der Waals surface area contributed by atoms with Crippen molar-refractivity contribution in [2.24, 2.45) is 0 Å². The summed E-state index contributed by atoms with van der Waals surface area (Å²) in [4.78, 5) is 26.2. The Balaban J connectivity index is 1.28. The Morgan fingerprint density at radius 1 is 0.763 bits per heavy atom. The largest absolute Gasteiger partial charge is 0.394 e. The third-order valence-electron chi connectivity index (χ3n) is 6.40. The van der Waals surface area contributed by atoms with Crippen LogP contribution < -0.4 is 11.5 Å². The molecule has 16 nitrogen and oxygen atoms in total. The van der Waals surface area contributed by atoms with Gasteiger partial charge in [0.05, 0.1) is 38.1 Å². The van der Waals surface area contributed by atoms with Crippen molar-refractivity contribution in [3.05, 3.63) is 12.7 Å². The summed E-state index contributed by atoms with van der Waals surface area (Å²) in [7, 11) is 2.46. The first-order chi connectivity index (χ1) is 18.4. The van der Waals surface area contributed by atoms with E-state index in [4.69, 9.17) is 20.9 Å². The number of aliphatic hydroxyl groups excluding tert-OH is 4. The van der Waals surface area contributed by atoms with Crippen molar-refractivity contribution in [2.75, 3.05) is 24.7 Å². The zero-order valence-corrected chi connectivity index (χ0v) is 21.2. The highest BCUT2D eigenvalue weighted by Gasteiger charge is 2.37. The zero-order valence-electron chi connectivity index (χ0n) is 19.6. The van der Waals surface area contributed by atoms with Gasteiger partial charge in [0.25, 0.3) is 0 Å². The molecule has 2 aliphatic rings. The number of nitrogens with zero attached hydrogens (tertiary/aromatic N) is 8. The number of nitrogen functional groups attached to an aromatic ring is 2. The molecule has 0 aliphatic carbocycles. The number of aliphatic hydroxyl groups is 4. The van der Waals surface area contributed by atoms with E-state index in [0.717, 1.165) is 0 Å². The van der Waals surface area contributed by atoms with Crippen LogP contribution in [0.2, 0.25) is 0 Å². The van der Waals surface area contributed by atoms with Gasteiger partial charge in [0.15, 0.2) is 11.3 Å². The van der Waals surface area contributed by atoms with Gasteiger partial charge in [0, 0.05) is 12.8 Å². The van der Waals surface area contributed by atoms with Crippen LogP contribution in [0.5, 0.6) is 0 Å². The van der Waals surface area contributed by atoms with Crippen LogP contribution >= 0.6 is 21.6 Å². The Bertz CT molecular complexity index is 1380. The highest BCUT2D eigenvalue weighted by Crippen LogP contribution is 2.42. The Labute approximate surface area is 221 Å². The summed E-state index contributed by atoms with van der Waals surface area (Å²) in [5.74, 6) is 0.0400. The summed E-state index contributed by atoms with van der Waals surface area (Å²) in [6, 6.07) is 0. The first-order valence-corrected chi connectivity index (χ1v) is 13.7. The van der Waals surface area contributed by atoms with Crippen LogP contribution in [0.3, 0.4) is 0 Å². The number of nitrogens with two attached hydrogens (primary N) is 2. The Morgan fingerprint density at radius 3 is 1.55 bits per heavy atom. The Kier molecular flexibility index (Phi) is 6.72. The average Bonchev–Trinajstić information content (AvgIpc) is 3.66. The number of anilines is 2. The predicted molar refractivity (Wildman–Crippen MR) is 134 cm³/mol. The summed E-state index contributed by atoms with van der Waals surface area (Å²) >= 11 is 0. The molecule has 2 fully saturated rings. The highest BCUT2D eigenvalue weighted by molar-refractivity contribution is 8.76. The van der Waals surface area contributed by atoms with Gasteiger partial charge in [-0.05, 0) is 21.6 Å². The van der Waals surface area contributed by atoms with Gasteiger partial charge in [-0.15, -0.1) is 0 Å². The summed E-state index contributed by atoms with van der Waals surface area (Å²) in [5.41, 5.74) is 13.8. The molecule has 6 atom stereocenters. The van der Waals surface area contributed by atoms with Crippen molar-refractivity contribution < 1.29 is 29.9 Å².